The molecule has 4 aromatic rings. The molecular formula is C18H12BrNO2. The Bertz CT molecular complexity index is 974. The Morgan fingerprint density at radius 3 is 2.59 bits per heavy atom. The van der Waals surface area contributed by atoms with Crippen LogP contribution in [-0.4, -0.2) is 12.1 Å². The fraction of sp³-hybridized carbons (Fsp3) is 0.0556. The van der Waals surface area contributed by atoms with Gasteiger partial charge in [-0.2, -0.15) is 0 Å². The summed E-state index contributed by atoms with van der Waals surface area (Å²) in [5, 5.41) is 2.19. The van der Waals surface area contributed by atoms with Crippen LogP contribution in [0, 0.1) is 0 Å². The van der Waals surface area contributed by atoms with Crippen molar-refractivity contribution in [3.8, 4) is 17.2 Å². The highest BCUT2D eigenvalue weighted by Gasteiger charge is 2.11. The van der Waals surface area contributed by atoms with Crippen molar-refractivity contribution in [1.82, 2.24) is 4.98 Å². The van der Waals surface area contributed by atoms with E-state index in [2.05, 4.69) is 33.0 Å². The smallest absolute Gasteiger partial charge is 0.227 e. The number of halogens is 1. The van der Waals surface area contributed by atoms with Gasteiger partial charge in [0.05, 0.1) is 7.11 Å². The zero-order valence-corrected chi connectivity index (χ0v) is 13.4. The molecule has 0 spiro atoms. The van der Waals surface area contributed by atoms with Crippen molar-refractivity contribution in [2.75, 3.05) is 7.11 Å². The van der Waals surface area contributed by atoms with Gasteiger partial charge >= 0.3 is 0 Å². The topological polar surface area (TPSA) is 35.3 Å². The molecule has 0 bridgehead atoms. The number of fused-ring (bicyclic) bond motifs is 3. The molecule has 3 nitrogen and oxygen atoms in total. The first kappa shape index (κ1) is 13.3. The van der Waals surface area contributed by atoms with E-state index in [1.165, 1.54) is 0 Å². The van der Waals surface area contributed by atoms with Crippen LogP contribution in [0.4, 0.5) is 0 Å². The van der Waals surface area contributed by atoms with Crippen molar-refractivity contribution in [2.45, 2.75) is 0 Å². The van der Waals surface area contributed by atoms with E-state index in [0.29, 0.717) is 5.89 Å². The summed E-state index contributed by atoms with van der Waals surface area (Å²) in [6.45, 7) is 0. The third kappa shape index (κ3) is 2.16. The van der Waals surface area contributed by atoms with Gasteiger partial charge in [0, 0.05) is 15.4 Å². The number of oxazole rings is 1. The predicted octanol–water partition coefficient (Wildman–Crippen LogP) is 5.42. The number of rotatable bonds is 2. The van der Waals surface area contributed by atoms with Crippen LogP contribution in [0.3, 0.4) is 0 Å². The SMILES string of the molecule is COc1ccc(-c2nc3ccc4cc(Br)ccc4c3o2)cc1. The number of nitrogens with zero attached hydrogens (tertiary/aromatic N) is 1. The summed E-state index contributed by atoms with van der Waals surface area (Å²) in [5.74, 6) is 1.43. The molecule has 0 aliphatic carbocycles. The molecule has 3 aromatic carbocycles. The van der Waals surface area contributed by atoms with E-state index in [0.717, 1.165) is 37.7 Å². The Kier molecular flexibility index (Phi) is 3.12. The van der Waals surface area contributed by atoms with Gasteiger partial charge in [-0.3, -0.25) is 0 Å². The van der Waals surface area contributed by atoms with E-state index in [1.807, 2.05) is 42.5 Å². The average molecular weight is 354 g/mol. The Balaban J connectivity index is 1.90. The number of hydrogen-bond acceptors (Lipinski definition) is 3. The van der Waals surface area contributed by atoms with Gasteiger partial charge in [0.15, 0.2) is 5.58 Å². The minimum Gasteiger partial charge on any atom is -0.497 e. The second-order valence-electron chi connectivity index (χ2n) is 5.03. The van der Waals surface area contributed by atoms with Gasteiger partial charge in [-0.1, -0.05) is 22.0 Å². The molecule has 0 saturated carbocycles. The van der Waals surface area contributed by atoms with E-state index in [9.17, 15) is 0 Å². The minimum atomic E-state index is 0.619. The zero-order chi connectivity index (χ0) is 15.1. The predicted molar refractivity (Wildman–Crippen MR) is 91.2 cm³/mol. The third-order valence-corrected chi connectivity index (χ3v) is 4.16. The first-order valence-corrected chi connectivity index (χ1v) is 7.67. The summed E-state index contributed by atoms with van der Waals surface area (Å²) in [6.07, 6.45) is 0. The van der Waals surface area contributed by atoms with Gasteiger partial charge in [0.25, 0.3) is 0 Å². The van der Waals surface area contributed by atoms with Gasteiger partial charge in [-0.25, -0.2) is 4.98 Å². The quantitative estimate of drug-likeness (QED) is 0.482. The molecule has 22 heavy (non-hydrogen) atoms. The first-order valence-electron chi connectivity index (χ1n) is 6.88. The molecule has 0 saturated heterocycles. The Hall–Kier alpha value is -2.33. The lowest BCUT2D eigenvalue weighted by Gasteiger charge is -1.99. The van der Waals surface area contributed by atoms with Crippen molar-refractivity contribution in [3.05, 3.63) is 59.1 Å². The molecular weight excluding hydrogens is 342 g/mol. The van der Waals surface area contributed by atoms with Crippen molar-refractivity contribution in [1.29, 1.82) is 0 Å². The summed E-state index contributed by atoms with van der Waals surface area (Å²) in [7, 11) is 1.65. The van der Waals surface area contributed by atoms with E-state index < -0.39 is 0 Å². The monoisotopic (exact) mass is 353 g/mol. The normalized spacial score (nSPS) is 11.2. The molecule has 0 atom stereocenters. The minimum absolute atomic E-state index is 0.619. The van der Waals surface area contributed by atoms with Gasteiger partial charge < -0.3 is 9.15 Å². The number of aromatic nitrogens is 1. The molecule has 0 N–H and O–H groups in total. The Morgan fingerprint density at radius 1 is 1.00 bits per heavy atom. The zero-order valence-electron chi connectivity index (χ0n) is 11.8. The molecule has 0 radical (unpaired) electrons. The summed E-state index contributed by atoms with van der Waals surface area (Å²) >= 11 is 3.49. The van der Waals surface area contributed by atoms with Crippen molar-refractivity contribution >= 4 is 37.8 Å². The van der Waals surface area contributed by atoms with Crippen LogP contribution >= 0.6 is 15.9 Å². The summed E-state index contributed by atoms with van der Waals surface area (Å²) in [5.41, 5.74) is 2.61. The van der Waals surface area contributed by atoms with Crippen LogP contribution < -0.4 is 4.74 Å². The molecule has 0 aliphatic rings. The second kappa shape index (κ2) is 5.14. The number of benzene rings is 3. The summed E-state index contributed by atoms with van der Waals surface area (Å²) < 4.78 is 12.2. The average Bonchev–Trinajstić information content (AvgIpc) is 2.99. The van der Waals surface area contributed by atoms with Crippen LogP contribution in [0.1, 0.15) is 0 Å². The van der Waals surface area contributed by atoms with Crippen LogP contribution in [0.5, 0.6) is 5.75 Å². The maximum absolute atomic E-state index is 6.01. The van der Waals surface area contributed by atoms with E-state index >= 15 is 0 Å². The summed E-state index contributed by atoms with van der Waals surface area (Å²) in [6, 6.07) is 17.9. The number of methoxy groups -OCH3 is 1. The van der Waals surface area contributed by atoms with Gasteiger partial charge in [-0.05, 0) is 53.9 Å². The number of ether oxygens (including phenoxy) is 1. The molecule has 4 heteroatoms. The summed E-state index contributed by atoms with van der Waals surface area (Å²) in [4.78, 5) is 4.59. The molecule has 1 aromatic heterocycles. The number of hydrogen-bond donors (Lipinski definition) is 0. The fourth-order valence-electron chi connectivity index (χ4n) is 2.54. The molecule has 0 fully saturated rings. The maximum atomic E-state index is 6.01. The lowest BCUT2D eigenvalue weighted by molar-refractivity contribution is 0.415. The van der Waals surface area contributed by atoms with Crippen LogP contribution in [0.25, 0.3) is 33.3 Å². The van der Waals surface area contributed by atoms with Crippen LogP contribution in [-0.2, 0) is 0 Å². The lowest BCUT2D eigenvalue weighted by atomic mass is 10.1. The van der Waals surface area contributed by atoms with Gasteiger partial charge in [0.1, 0.15) is 11.3 Å². The molecule has 0 unspecified atom stereocenters. The molecule has 108 valence electrons. The van der Waals surface area contributed by atoms with Crippen molar-refractivity contribution in [3.63, 3.8) is 0 Å². The molecule has 1 heterocycles. The molecule has 0 aliphatic heterocycles. The lowest BCUT2D eigenvalue weighted by Crippen LogP contribution is -1.82. The fourth-order valence-corrected chi connectivity index (χ4v) is 2.92. The standard InChI is InChI=1S/C18H12BrNO2/c1-21-14-6-2-11(3-7-14)18-20-16-9-4-12-10-13(19)5-8-15(12)17(16)22-18/h2-10H,1H3. The first-order chi connectivity index (χ1) is 10.7. The maximum Gasteiger partial charge on any atom is 0.227 e. The Morgan fingerprint density at radius 2 is 1.82 bits per heavy atom. The highest BCUT2D eigenvalue weighted by atomic mass is 79.9. The van der Waals surface area contributed by atoms with Gasteiger partial charge in [-0.15, -0.1) is 0 Å². The highest BCUT2D eigenvalue weighted by Crippen LogP contribution is 2.31. The second-order valence-corrected chi connectivity index (χ2v) is 5.94. The van der Waals surface area contributed by atoms with Crippen molar-refractivity contribution < 1.29 is 9.15 Å². The van der Waals surface area contributed by atoms with E-state index in [-0.39, 0.29) is 0 Å². The van der Waals surface area contributed by atoms with E-state index in [4.69, 9.17) is 9.15 Å². The van der Waals surface area contributed by atoms with Crippen LogP contribution in [0.2, 0.25) is 0 Å². The molecule has 4 rings (SSSR count). The van der Waals surface area contributed by atoms with Crippen molar-refractivity contribution in [2.24, 2.45) is 0 Å². The molecule has 0 amide bonds. The largest absolute Gasteiger partial charge is 0.497 e. The Labute approximate surface area is 135 Å². The van der Waals surface area contributed by atoms with Crippen LogP contribution in [0.15, 0.2) is 63.5 Å². The third-order valence-electron chi connectivity index (χ3n) is 3.67. The van der Waals surface area contributed by atoms with Gasteiger partial charge in [0.2, 0.25) is 5.89 Å². The van der Waals surface area contributed by atoms with E-state index in [1.54, 1.807) is 7.11 Å². The highest BCUT2D eigenvalue weighted by molar-refractivity contribution is 9.10.